The monoisotopic (exact) mass is 311 g/mol. The van der Waals surface area contributed by atoms with Gasteiger partial charge in [-0.1, -0.05) is 97.8 Å². The lowest BCUT2D eigenvalue weighted by atomic mass is 9.92. The van der Waals surface area contributed by atoms with E-state index in [0.717, 1.165) is 19.3 Å². The van der Waals surface area contributed by atoms with E-state index in [4.69, 9.17) is 0 Å². The number of aliphatic carboxylic acids is 1. The minimum absolute atomic E-state index is 0.233. The lowest BCUT2D eigenvalue weighted by molar-refractivity contribution is -0.312. The van der Waals surface area contributed by atoms with Crippen molar-refractivity contribution in [2.75, 3.05) is 0 Å². The molecule has 0 saturated heterocycles. The maximum absolute atomic E-state index is 11.1. The number of hydrogen-bond acceptors (Lipinski definition) is 2. The molecule has 0 aliphatic rings. The Kier molecular flexibility index (Phi) is 15.0. The third kappa shape index (κ3) is 14.4. The van der Waals surface area contributed by atoms with E-state index in [-0.39, 0.29) is 5.92 Å². The van der Waals surface area contributed by atoms with Gasteiger partial charge in [0.15, 0.2) is 0 Å². The summed E-state index contributed by atoms with van der Waals surface area (Å²) < 4.78 is 0. The molecule has 0 aromatic heterocycles. The van der Waals surface area contributed by atoms with Crippen molar-refractivity contribution in [1.29, 1.82) is 0 Å². The van der Waals surface area contributed by atoms with Crippen molar-refractivity contribution in [2.45, 2.75) is 111 Å². The summed E-state index contributed by atoms with van der Waals surface area (Å²) in [5.41, 5.74) is 0. The van der Waals surface area contributed by atoms with Gasteiger partial charge in [-0.05, 0) is 24.7 Å². The summed E-state index contributed by atoms with van der Waals surface area (Å²) in [5.74, 6) is -0.639. The van der Waals surface area contributed by atoms with E-state index in [1.54, 1.807) is 0 Å². The molecule has 0 N–H and O–H groups in total. The summed E-state index contributed by atoms with van der Waals surface area (Å²) in [6.45, 7) is 6.43. The molecule has 1 unspecified atom stereocenters. The first-order valence-electron chi connectivity index (χ1n) is 9.78. The normalized spacial score (nSPS) is 12.7. The fourth-order valence-corrected chi connectivity index (χ4v) is 3.13. The highest BCUT2D eigenvalue weighted by Crippen LogP contribution is 2.19. The van der Waals surface area contributed by atoms with Crippen molar-refractivity contribution in [2.24, 2.45) is 11.8 Å². The molecule has 1 atom stereocenters. The average molecular weight is 312 g/mol. The second-order valence-corrected chi connectivity index (χ2v) is 7.32. The number of unbranched alkanes of at least 4 members (excludes halogenated alkanes) is 11. The summed E-state index contributed by atoms with van der Waals surface area (Å²) >= 11 is 0. The Labute approximate surface area is 139 Å². The van der Waals surface area contributed by atoms with E-state index in [1.807, 2.05) is 0 Å². The van der Waals surface area contributed by atoms with Crippen molar-refractivity contribution in [3.05, 3.63) is 0 Å². The lowest BCUT2D eigenvalue weighted by Crippen LogP contribution is -2.32. The summed E-state index contributed by atoms with van der Waals surface area (Å²) in [6, 6.07) is 0. The third-order valence-corrected chi connectivity index (χ3v) is 4.50. The van der Waals surface area contributed by atoms with Crippen LogP contribution in [-0.4, -0.2) is 5.97 Å². The zero-order valence-electron chi connectivity index (χ0n) is 15.4. The SMILES string of the molecule is CCCCCCCCCCCCCCC(CC(C)C)C(=O)[O-]. The van der Waals surface area contributed by atoms with Crippen LogP contribution in [-0.2, 0) is 4.79 Å². The molecule has 0 spiro atoms. The van der Waals surface area contributed by atoms with Crippen LogP contribution >= 0.6 is 0 Å². The molecular formula is C20H39O2-. The molecule has 0 amide bonds. The first kappa shape index (κ1) is 21.5. The minimum Gasteiger partial charge on any atom is -0.550 e. The number of hydrogen-bond donors (Lipinski definition) is 0. The first-order valence-corrected chi connectivity index (χ1v) is 9.78. The molecule has 2 nitrogen and oxygen atoms in total. The summed E-state index contributed by atoms with van der Waals surface area (Å²) in [5, 5.41) is 11.1. The Morgan fingerprint density at radius 3 is 1.55 bits per heavy atom. The van der Waals surface area contributed by atoms with Crippen LogP contribution in [0, 0.1) is 11.8 Å². The van der Waals surface area contributed by atoms with Crippen LogP contribution in [0.2, 0.25) is 0 Å². The maximum Gasteiger partial charge on any atom is 0.0445 e. The van der Waals surface area contributed by atoms with Gasteiger partial charge in [0.25, 0.3) is 0 Å². The number of carbonyl (C=O) groups is 1. The molecule has 0 aliphatic heterocycles. The molecule has 0 bridgehead atoms. The van der Waals surface area contributed by atoms with Gasteiger partial charge in [-0.15, -0.1) is 0 Å². The van der Waals surface area contributed by atoms with Gasteiger partial charge in [-0.2, -0.15) is 0 Å². The Balaban J connectivity index is 3.33. The highest BCUT2D eigenvalue weighted by atomic mass is 16.4. The predicted octanol–water partition coefficient (Wildman–Crippen LogP) is 5.49. The van der Waals surface area contributed by atoms with Gasteiger partial charge < -0.3 is 9.90 Å². The van der Waals surface area contributed by atoms with Crippen LogP contribution in [0.1, 0.15) is 111 Å². The number of rotatable bonds is 16. The highest BCUT2D eigenvalue weighted by molar-refractivity contribution is 5.67. The quantitative estimate of drug-likeness (QED) is 0.354. The van der Waals surface area contributed by atoms with E-state index in [0.29, 0.717) is 5.92 Å². The zero-order valence-corrected chi connectivity index (χ0v) is 15.4. The van der Waals surface area contributed by atoms with Crippen LogP contribution in [0.15, 0.2) is 0 Å². The molecular weight excluding hydrogens is 272 g/mol. The second-order valence-electron chi connectivity index (χ2n) is 7.32. The Morgan fingerprint density at radius 1 is 0.773 bits per heavy atom. The van der Waals surface area contributed by atoms with Crippen LogP contribution < -0.4 is 5.11 Å². The largest absolute Gasteiger partial charge is 0.550 e. The van der Waals surface area contributed by atoms with Gasteiger partial charge in [-0.3, -0.25) is 0 Å². The topological polar surface area (TPSA) is 40.1 Å². The molecule has 0 aliphatic carbocycles. The number of carbonyl (C=O) groups excluding carboxylic acids is 1. The second kappa shape index (κ2) is 15.4. The lowest BCUT2D eigenvalue weighted by Gasteiger charge is -2.19. The molecule has 22 heavy (non-hydrogen) atoms. The van der Waals surface area contributed by atoms with E-state index < -0.39 is 5.97 Å². The van der Waals surface area contributed by atoms with Crippen molar-refractivity contribution in [3.8, 4) is 0 Å². The molecule has 0 fully saturated rings. The summed E-state index contributed by atoms with van der Waals surface area (Å²) in [6.07, 6.45) is 17.4. The van der Waals surface area contributed by atoms with Gasteiger partial charge >= 0.3 is 0 Å². The van der Waals surface area contributed by atoms with Crippen LogP contribution in [0.4, 0.5) is 0 Å². The van der Waals surface area contributed by atoms with Gasteiger partial charge in [0, 0.05) is 5.97 Å². The van der Waals surface area contributed by atoms with Gasteiger partial charge in [0.2, 0.25) is 0 Å². The standard InChI is InChI=1S/C20H40O2/c1-4-5-6-7-8-9-10-11-12-13-14-15-16-19(20(21)22)17-18(2)3/h18-19H,4-17H2,1-3H3,(H,21,22)/p-1. The van der Waals surface area contributed by atoms with Crippen molar-refractivity contribution in [3.63, 3.8) is 0 Å². The molecule has 0 radical (unpaired) electrons. The van der Waals surface area contributed by atoms with Crippen LogP contribution in [0.25, 0.3) is 0 Å². The van der Waals surface area contributed by atoms with E-state index in [9.17, 15) is 9.90 Å². The van der Waals surface area contributed by atoms with Gasteiger partial charge in [0.1, 0.15) is 0 Å². The maximum atomic E-state index is 11.1. The molecule has 132 valence electrons. The van der Waals surface area contributed by atoms with Crippen LogP contribution in [0.5, 0.6) is 0 Å². The summed E-state index contributed by atoms with van der Waals surface area (Å²) in [7, 11) is 0. The fraction of sp³-hybridized carbons (Fsp3) is 0.950. The fourth-order valence-electron chi connectivity index (χ4n) is 3.13. The first-order chi connectivity index (χ1) is 10.6. The molecule has 0 aromatic carbocycles. The van der Waals surface area contributed by atoms with Gasteiger partial charge in [-0.25, -0.2) is 0 Å². The van der Waals surface area contributed by atoms with Crippen molar-refractivity contribution < 1.29 is 9.90 Å². The minimum atomic E-state index is -0.850. The van der Waals surface area contributed by atoms with Crippen LogP contribution in [0.3, 0.4) is 0 Å². The third-order valence-electron chi connectivity index (χ3n) is 4.50. The van der Waals surface area contributed by atoms with Gasteiger partial charge in [0.05, 0.1) is 0 Å². The smallest absolute Gasteiger partial charge is 0.0445 e. The molecule has 2 heteroatoms. The molecule has 0 rings (SSSR count). The molecule has 0 heterocycles. The van der Waals surface area contributed by atoms with E-state index in [1.165, 1.54) is 70.6 Å². The molecule has 0 saturated carbocycles. The molecule has 0 aromatic rings. The van der Waals surface area contributed by atoms with E-state index in [2.05, 4.69) is 20.8 Å². The number of carboxylic acid groups (broad SMARTS) is 1. The van der Waals surface area contributed by atoms with Crippen molar-refractivity contribution in [1.82, 2.24) is 0 Å². The summed E-state index contributed by atoms with van der Waals surface area (Å²) in [4.78, 5) is 11.1. The Bertz CT molecular complexity index is 248. The zero-order chi connectivity index (χ0) is 16.6. The number of carboxylic acids is 1. The van der Waals surface area contributed by atoms with Crippen molar-refractivity contribution >= 4 is 5.97 Å². The highest BCUT2D eigenvalue weighted by Gasteiger charge is 2.11. The Hall–Kier alpha value is -0.530. The predicted molar refractivity (Wildman–Crippen MR) is 93.6 cm³/mol. The average Bonchev–Trinajstić information content (AvgIpc) is 2.46. The Morgan fingerprint density at radius 2 is 1.18 bits per heavy atom. The van der Waals surface area contributed by atoms with E-state index >= 15 is 0 Å².